The molecule has 3 aliphatic heterocycles. The molecule has 15 nitrogen and oxygen atoms in total. The minimum absolute atomic E-state index is 0.716. The van der Waals surface area contributed by atoms with Gasteiger partial charge in [0, 0.05) is 0 Å². The van der Waals surface area contributed by atoms with Crippen molar-refractivity contribution in [2.24, 2.45) is 5.73 Å². The van der Waals surface area contributed by atoms with Gasteiger partial charge in [0.05, 0.1) is 25.4 Å². The molecule has 0 saturated carbocycles. The molecule has 0 amide bonds. The zero-order valence-corrected chi connectivity index (χ0v) is 17.7. The number of hydrogen-bond donors (Lipinski definition) is 10. The fraction of sp³-hybridized carbons (Fsp3) is 1.00. The molecular weight excluding hydrogens is 454 g/mol. The van der Waals surface area contributed by atoms with Crippen LogP contribution in [0.3, 0.4) is 0 Å². The Hall–Kier alpha value is -0.600. The first-order chi connectivity index (χ1) is 15.5. The number of rotatable bonds is 6. The molecule has 194 valence electrons. The zero-order valence-electron chi connectivity index (χ0n) is 17.7. The van der Waals surface area contributed by atoms with Crippen molar-refractivity contribution >= 4 is 0 Å². The van der Waals surface area contributed by atoms with E-state index in [0.717, 1.165) is 0 Å². The van der Waals surface area contributed by atoms with E-state index in [2.05, 4.69) is 0 Å². The van der Waals surface area contributed by atoms with Gasteiger partial charge in [-0.25, -0.2) is 0 Å². The first-order valence-corrected chi connectivity index (χ1v) is 10.5. The maximum absolute atomic E-state index is 10.3. The second-order valence-corrected chi connectivity index (χ2v) is 8.41. The smallest absolute Gasteiger partial charge is 0.187 e. The molecule has 3 saturated heterocycles. The molecule has 0 aromatic carbocycles. The van der Waals surface area contributed by atoms with Crippen LogP contribution in [0, 0.1) is 0 Å². The highest BCUT2D eigenvalue weighted by Crippen LogP contribution is 2.32. The molecule has 0 radical (unpaired) electrons. The highest BCUT2D eigenvalue weighted by molar-refractivity contribution is 4.97. The molecule has 0 aromatic heterocycles. The summed E-state index contributed by atoms with van der Waals surface area (Å²) in [5.41, 5.74) is 5.99. The van der Waals surface area contributed by atoms with Crippen LogP contribution in [-0.2, 0) is 23.7 Å². The molecule has 3 rings (SSSR count). The van der Waals surface area contributed by atoms with E-state index in [1.54, 1.807) is 0 Å². The summed E-state index contributed by atoms with van der Waals surface area (Å²) in [5, 5.41) is 89.7. The van der Waals surface area contributed by atoms with Gasteiger partial charge in [0.25, 0.3) is 0 Å². The summed E-state index contributed by atoms with van der Waals surface area (Å²) >= 11 is 0. The van der Waals surface area contributed by atoms with Crippen LogP contribution >= 0.6 is 0 Å². The predicted octanol–water partition coefficient (Wildman–Crippen LogP) is -6.58. The van der Waals surface area contributed by atoms with E-state index < -0.39 is 105 Å². The van der Waals surface area contributed by atoms with Gasteiger partial charge < -0.3 is 75.4 Å². The molecule has 11 N–H and O–H groups in total. The van der Waals surface area contributed by atoms with Crippen molar-refractivity contribution in [3.05, 3.63) is 0 Å². The van der Waals surface area contributed by atoms with Crippen molar-refractivity contribution in [1.82, 2.24) is 0 Å². The Morgan fingerprint density at radius 3 is 1.73 bits per heavy atom. The minimum atomic E-state index is -1.79. The van der Waals surface area contributed by atoms with Gasteiger partial charge in [0.15, 0.2) is 18.9 Å². The molecule has 3 heterocycles. The van der Waals surface area contributed by atoms with Crippen LogP contribution in [0.15, 0.2) is 0 Å². The van der Waals surface area contributed by atoms with E-state index in [4.69, 9.17) is 29.4 Å². The lowest BCUT2D eigenvalue weighted by molar-refractivity contribution is -0.369. The third kappa shape index (κ3) is 5.32. The molecule has 33 heavy (non-hydrogen) atoms. The summed E-state index contributed by atoms with van der Waals surface area (Å²) in [4.78, 5) is 0. The molecule has 0 aromatic rings. The first-order valence-electron chi connectivity index (χ1n) is 10.5. The fourth-order valence-electron chi connectivity index (χ4n) is 4.04. The van der Waals surface area contributed by atoms with Crippen LogP contribution in [0.25, 0.3) is 0 Å². The molecule has 15 heteroatoms. The number of aliphatic hydroxyl groups is 9. The molecule has 15 atom stereocenters. The quantitative estimate of drug-likeness (QED) is 0.167. The van der Waals surface area contributed by atoms with Crippen molar-refractivity contribution in [1.29, 1.82) is 0 Å². The lowest BCUT2D eigenvalue weighted by Crippen LogP contribution is -2.68. The number of aliphatic hydroxyl groups excluding tert-OH is 9. The highest BCUT2D eigenvalue weighted by Gasteiger charge is 2.53. The first kappa shape index (κ1) is 27.0. The molecule has 1 unspecified atom stereocenters. The van der Waals surface area contributed by atoms with Gasteiger partial charge in [0.2, 0.25) is 0 Å². The van der Waals surface area contributed by atoms with Gasteiger partial charge in [-0.3, -0.25) is 0 Å². The Bertz CT molecular complexity index is 629. The summed E-state index contributed by atoms with van der Waals surface area (Å²) in [6.45, 7) is -0.00630. The van der Waals surface area contributed by atoms with E-state index >= 15 is 0 Å². The molecule has 0 bridgehead atoms. The Morgan fingerprint density at radius 2 is 1.15 bits per heavy atom. The van der Waals surface area contributed by atoms with Crippen molar-refractivity contribution in [3.63, 3.8) is 0 Å². The van der Waals surface area contributed by atoms with Crippen LogP contribution in [0.5, 0.6) is 0 Å². The van der Waals surface area contributed by atoms with Gasteiger partial charge >= 0.3 is 0 Å². The van der Waals surface area contributed by atoms with E-state index in [0.29, 0.717) is 0 Å². The Morgan fingerprint density at radius 1 is 0.636 bits per heavy atom. The molecule has 0 spiro atoms. The van der Waals surface area contributed by atoms with E-state index in [9.17, 15) is 46.0 Å². The van der Waals surface area contributed by atoms with Crippen LogP contribution in [0.2, 0.25) is 0 Å². The standard InChI is InChI=1S/C18H33NO14/c1-4-8(22)10(24)12(26)17(29-4)32-14-6(3-21)30-16(28)7(19)15(14)33-18-13(27)11(25)9(23)5(2-20)31-18/h4-18,20-28H,2-3,19H2,1H3/t4-,5+,6+,7+,8+,9-,10+,11-,12-,13+,14+,15+,16?,17-,18-/m0/s1. The van der Waals surface area contributed by atoms with Crippen LogP contribution in [-0.4, -0.2) is 151 Å². The average Bonchev–Trinajstić information content (AvgIpc) is 2.80. The average molecular weight is 487 g/mol. The van der Waals surface area contributed by atoms with E-state index in [-0.39, 0.29) is 0 Å². The van der Waals surface area contributed by atoms with Gasteiger partial charge in [0.1, 0.15) is 61.0 Å². The molecular formula is C18H33NO14. The summed E-state index contributed by atoms with van der Waals surface area (Å²) in [6.07, 6.45) is -21.1. The monoisotopic (exact) mass is 487 g/mol. The summed E-state index contributed by atoms with van der Waals surface area (Å²) in [5.74, 6) is 0. The van der Waals surface area contributed by atoms with Gasteiger partial charge in [-0.2, -0.15) is 0 Å². The van der Waals surface area contributed by atoms with Gasteiger partial charge in [-0.15, -0.1) is 0 Å². The van der Waals surface area contributed by atoms with Gasteiger partial charge in [-0.1, -0.05) is 0 Å². The van der Waals surface area contributed by atoms with Crippen molar-refractivity contribution in [2.75, 3.05) is 13.2 Å². The number of hydrogen-bond acceptors (Lipinski definition) is 15. The van der Waals surface area contributed by atoms with E-state index in [1.165, 1.54) is 6.92 Å². The van der Waals surface area contributed by atoms with Crippen molar-refractivity contribution in [3.8, 4) is 0 Å². The number of ether oxygens (including phenoxy) is 5. The van der Waals surface area contributed by atoms with Gasteiger partial charge in [-0.05, 0) is 6.92 Å². The summed E-state index contributed by atoms with van der Waals surface area (Å²) in [7, 11) is 0. The lowest BCUT2D eigenvalue weighted by atomic mass is 9.95. The van der Waals surface area contributed by atoms with Crippen LogP contribution in [0.1, 0.15) is 6.92 Å². The highest BCUT2D eigenvalue weighted by atomic mass is 16.7. The Kier molecular flexibility index (Phi) is 8.99. The zero-order chi connectivity index (χ0) is 24.6. The van der Waals surface area contributed by atoms with Crippen molar-refractivity contribution in [2.45, 2.75) is 99.0 Å². The topological polar surface area (TPSA) is 254 Å². The predicted molar refractivity (Wildman–Crippen MR) is 102 cm³/mol. The maximum atomic E-state index is 10.3. The Balaban J connectivity index is 1.83. The minimum Gasteiger partial charge on any atom is -0.394 e. The SMILES string of the molecule is C[C@@H]1O[C@@H](O[C@H]2[C@H](O[C@@H]3O[C@H](CO)[C@H](O)[C@H](O)[C@H]3O)[C@@H](N)C(O)O[C@@H]2CO)[C@@H](O)[C@H](O)[C@@H]1O. The maximum Gasteiger partial charge on any atom is 0.187 e. The molecule has 3 fully saturated rings. The van der Waals surface area contributed by atoms with Crippen molar-refractivity contribution < 1.29 is 69.6 Å². The molecule has 3 aliphatic rings. The van der Waals surface area contributed by atoms with Crippen LogP contribution < -0.4 is 5.73 Å². The third-order valence-corrected chi connectivity index (χ3v) is 6.13. The third-order valence-electron chi connectivity index (χ3n) is 6.13. The second kappa shape index (κ2) is 11.0. The fourth-order valence-corrected chi connectivity index (χ4v) is 4.04. The molecule has 0 aliphatic carbocycles. The largest absolute Gasteiger partial charge is 0.394 e. The summed E-state index contributed by atoms with van der Waals surface area (Å²) in [6, 6.07) is -1.36. The Labute approximate surface area is 188 Å². The second-order valence-electron chi connectivity index (χ2n) is 8.41. The number of nitrogens with two attached hydrogens (primary N) is 1. The summed E-state index contributed by atoms with van der Waals surface area (Å²) < 4.78 is 27.3. The van der Waals surface area contributed by atoms with Crippen LogP contribution in [0.4, 0.5) is 0 Å². The van der Waals surface area contributed by atoms with E-state index in [1.807, 2.05) is 0 Å². The lowest BCUT2D eigenvalue weighted by Gasteiger charge is -2.48. The normalized spacial score (nSPS) is 53.7.